The molecule has 2 heterocycles. The van der Waals surface area contributed by atoms with Crippen LogP contribution in [0.4, 0.5) is 0 Å². The summed E-state index contributed by atoms with van der Waals surface area (Å²) in [4.78, 5) is 32.1. The Morgan fingerprint density at radius 3 is 2.39 bits per heavy atom. The zero-order chi connectivity index (χ0) is 16.4. The molecule has 2 amide bonds. The van der Waals surface area contributed by atoms with Gasteiger partial charge >= 0.3 is 0 Å². The summed E-state index contributed by atoms with van der Waals surface area (Å²) in [6.45, 7) is 6.93. The lowest BCUT2D eigenvalue weighted by atomic mass is 9.84. The van der Waals surface area contributed by atoms with Crippen molar-refractivity contribution in [1.82, 2.24) is 14.8 Å². The SMILES string of the molecule is Cc1cc(CC(=O)N2CCCN(C(=O)C3CCC3)CC2)c(C)[nH]1. The Morgan fingerprint density at radius 2 is 1.78 bits per heavy atom. The minimum absolute atomic E-state index is 0.171. The number of carbonyl (C=O) groups excluding carboxylic acids is 2. The molecule has 0 bridgehead atoms. The number of aromatic nitrogens is 1. The van der Waals surface area contributed by atoms with E-state index in [1.807, 2.05) is 23.6 Å². The third kappa shape index (κ3) is 3.59. The molecule has 0 spiro atoms. The number of amides is 2. The Morgan fingerprint density at radius 1 is 1.09 bits per heavy atom. The third-order valence-corrected chi connectivity index (χ3v) is 5.21. The molecule has 1 N–H and O–H groups in total. The van der Waals surface area contributed by atoms with Crippen molar-refractivity contribution >= 4 is 11.8 Å². The number of hydrogen-bond acceptors (Lipinski definition) is 2. The zero-order valence-corrected chi connectivity index (χ0v) is 14.2. The van der Waals surface area contributed by atoms with Gasteiger partial charge in [0, 0.05) is 43.5 Å². The molecule has 0 atom stereocenters. The molecule has 1 aliphatic carbocycles. The Labute approximate surface area is 138 Å². The lowest BCUT2D eigenvalue weighted by Crippen LogP contribution is -2.41. The fourth-order valence-electron chi connectivity index (χ4n) is 3.54. The van der Waals surface area contributed by atoms with Gasteiger partial charge in [0.2, 0.25) is 11.8 Å². The molecule has 0 radical (unpaired) electrons. The quantitative estimate of drug-likeness (QED) is 0.927. The Bertz CT molecular complexity index is 589. The Hall–Kier alpha value is -1.78. The fourth-order valence-corrected chi connectivity index (χ4v) is 3.54. The molecular weight excluding hydrogens is 290 g/mol. The van der Waals surface area contributed by atoms with Crippen molar-refractivity contribution in [2.24, 2.45) is 5.92 Å². The summed E-state index contributed by atoms with van der Waals surface area (Å²) < 4.78 is 0. The second-order valence-electron chi connectivity index (χ2n) is 6.97. The number of hydrogen-bond donors (Lipinski definition) is 1. The van der Waals surface area contributed by atoms with Crippen LogP contribution >= 0.6 is 0 Å². The van der Waals surface area contributed by atoms with Crippen molar-refractivity contribution < 1.29 is 9.59 Å². The van der Waals surface area contributed by atoms with Crippen molar-refractivity contribution in [2.45, 2.75) is 46.0 Å². The molecule has 1 saturated heterocycles. The van der Waals surface area contributed by atoms with E-state index in [9.17, 15) is 9.59 Å². The minimum atomic E-state index is 0.171. The van der Waals surface area contributed by atoms with Gasteiger partial charge in [-0.25, -0.2) is 0 Å². The van der Waals surface area contributed by atoms with Gasteiger partial charge in [-0.3, -0.25) is 9.59 Å². The van der Waals surface area contributed by atoms with Crippen LogP contribution in [0.2, 0.25) is 0 Å². The smallest absolute Gasteiger partial charge is 0.227 e. The molecule has 1 aromatic heterocycles. The van der Waals surface area contributed by atoms with Gasteiger partial charge in [0.05, 0.1) is 6.42 Å². The van der Waals surface area contributed by atoms with E-state index in [1.165, 1.54) is 6.42 Å². The van der Waals surface area contributed by atoms with Gasteiger partial charge in [0.1, 0.15) is 0 Å². The van der Waals surface area contributed by atoms with Crippen LogP contribution in [0.5, 0.6) is 0 Å². The summed E-state index contributed by atoms with van der Waals surface area (Å²) in [5.74, 6) is 0.732. The van der Waals surface area contributed by atoms with Crippen LogP contribution < -0.4 is 0 Å². The lowest BCUT2D eigenvalue weighted by Gasteiger charge is -2.31. The minimum Gasteiger partial charge on any atom is -0.362 e. The molecule has 1 saturated carbocycles. The molecule has 5 heteroatoms. The molecular formula is C18H27N3O2. The topological polar surface area (TPSA) is 56.4 Å². The molecule has 2 aliphatic rings. The van der Waals surface area contributed by atoms with E-state index >= 15 is 0 Å². The average molecular weight is 317 g/mol. The number of rotatable bonds is 3. The van der Waals surface area contributed by atoms with E-state index in [-0.39, 0.29) is 11.8 Å². The van der Waals surface area contributed by atoms with E-state index in [0.717, 1.165) is 49.3 Å². The van der Waals surface area contributed by atoms with Crippen LogP contribution in [0, 0.1) is 19.8 Å². The molecule has 23 heavy (non-hydrogen) atoms. The van der Waals surface area contributed by atoms with Crippen molar-refractivity contribution in [3.05, 3.63) is 23.0 Å². The van der Waals surface area contributed by atoms with Crippen LogP contribution in [-0.2, 0) is 16.0 Å². The number of H-pyrrole nitrogens is 1. The highest BCUT2D eigenvalue weighted by molar-refractivity contribution is 5.81. The third-order valence-electron chi connectivity index (χ3n) is 5.21. The monoisotopic (exact) mass is 317 g/mol. The molecule has 1 aromatic rings. The van der Waals surface area contributed by atoms with E-state index in [0.29, 0.717) is 25.4 Å². The molecule has 2 fully saturated rings. The van der Waals surface area contributed by atoms with Gasteiger partial charge in [-0.1, -0.05) is 6.42 Å². The van der Waals surface area contributed by atoms with Gasteiger partial charge in [-0.2, -0.15) is 0 Å². The van der Waals surface area contributed by atoms with Crippen LogP contribution in [0.3, 0.4) is 0 Å². The Kier molecular flexibility index (Phi) is 4.74. The highest BCUT2D eigenvalue weighted by atomic mass is 16.2. The maximum atomic E-state index is 12.6. The normalized spacial score (nSPS) is 19.4. The van der Waals surface area contributed by atoms with E-state index < -0.39 is 0 Å². The van der Waals surface area contributed by atoms with Crippen molar-refractivity contribution in [2.75, 3.05) is 26.2 Å². The first-order valence-electron chi connectivity index (χ1n) is 8.76. The first kappa shape index (κ1) is 16.1. The standard InChI is InChI=1S/C18H27N3O2/c1-13-11-16(14(2)19-13)12-17(22)20-7-4-8-21(10-9-20)18(23)15-5-3-6-15/h11,15,19H,3-10,12H2,1-2H3. The maximum Gasteiger partial charge on any atom is 0.227 e. The molecule has 5 nitrogen and oxygen atoms in total. The van der Waals surface area contributed by atoms with E-state index in [2.05, 4.69) is 11.1 Å². The fraction of sp³-hybridized carbons (Fsp3) is 0.667. The van der Waals surface area contributed by atoms with E-state index in [4.69, 9.17) is 0 Å². The van der Waals surface area contributed by atoms with E-state index in [1.54, 1.807) is 0 Å². The van der Waals surface area contributed by atoms with Gasteiger partial charge in [0.25, 0.3) is 0 Å². The number of aryl methyl sites for hydroxylation is 2. The first-order valence-corrected chi connectivity index (χ1v) is 8.76. The predicted molar refractivity (Wildman–Crippen MR) is 89.1 cm³/mol. The number of carbonyl (C=O) groups is 2. The summed E-state index contributed by atoms with van der Waals surface area (Å²) in [7, 11) is 0. The summed E-state index contributed by atoms with van der Waals surface area (Å²) in [5, 5.41) is 0. The second kappa shape index (κ2) is 6.77. The molecule has 1 aliphatic heterocycles. The predicted octanol–water partition coefficient (Wildman–Crippen LogP) is 2.04. The van der Waals surface area contributed by atoms with Crippen LogP contribution in [0.25, 0.3) is 0 Å². The van der Waals surface area contributed by atoms with Crippen molar-refractivity contribution in [3.8, 4) is 0 Å². The molecule has 0 aromatic carbocycles. The molecule has 3 rings (SSSR count). The first-order chi connectivity index (χ1) is 11.0. The number of nitrogens with zero attached hydrogens (tertiary/aromatic N) is 2. The van der Waals surface area contributed by atoms with Crippen molar-refractivity contribution in [3.63, 3.8) is 0 Å². The largest absolute Gasteiger partial charge is 0.362 e. The molecule has 126 valence electrons. The lowest BCUT2D eigenvalue weighted by molar-refractivity contribution is -0.138. The van der Waals surface area contributed by atoms with Crippen LogP contribution in [0.1, 0.15) is 42.6 Å². The van der Waals surface area contributed by atoms with Gasteiger partial charge in [0.15, 0.2) is 0 Å². The van der Waals surface area contributed by atoms with Crippen molar-refractivity contribution in [1.29, 1.82) is 0 Å². The van der Waals surface area contributed by atoms with Crippen LogP contribution in [0.15, 0.2) is 6.07 Å². The van der Waals surface area contributed by atoms with Gasteiger partial charge in [-0.05, 0) is 44.7 Å². The summed E-state index contributed by atoms with van der Waals surface area (Å²) >= 11 is 0. The highest BCUT2D eigenvalue weighted by Crippen LogP contribution is 2.28. The Balaban J connectivity index is 1.55. The summed E-state index contributed by atoms with van der Waals surface area (Å²) in [5.41, 5.74) is 3.25. The number of aromatic amines is 1. The van der Waals surface area contributed by atoms with Crippen LogP contribution in [-0.4, -0.2) is 52.8 Å². The average Bonchev–Trinajstić information content (AvgIpc) is 2.66. The molecule has 0 unspecified atom stereocenters. The maximum absolute atomic E-state index is 12.6. The zero-order valence-electron chi connectivity index (χ0n) is 14.2. The second-order valence-corrected chi connectivity index (χ2v) is 6.97. The summed E-state index contributed by atoms with van der Waals surface area (Å²) in [6.07, 6.45) is 4.61. The van der Waals surface area contributed by atoms with Gasteiger partial charge < -0.3 is 14.8 Å². The summed E-state index contributed by atoms with van der Waals surface area (Å²) in [6, 6.07) is 2.05. The van der Waals surface area contributed by atoms with Gasteiger partial charge in [-0.15, -0.1) is 0 Å². The highest BCUT2D eigenvalue weighted by Gasteiger charge is 2.30. The number of nitrogens with one attached hydrogen (secondary N) is 1.